The van der Waals surface area contributed by atoms with Crippen LogP contribution in [-0.4, -0.2) is 26.6 Å². The molecule has 68 valence electrons. The van der Waals surface area contributed by atoms with Crippen molar-refractivity contribution in [3.63, 3.8) is 0 Å². The van der Waals surface area contributed by atoms with Crippen LogP contribution in [0.4, 0.5) is 0 Å². The van der Waals surface area contributed by atoms with Crippen molar-refractivity contribution in [1.29, 1.82) is 5.41 Å². The van der Waals surface area contributed by atoms with Crippen LogP contribution >= 0.6 is 0 Å². The lowest BCUT2D eigenvalue weighted by atomic mass is 10.5. The normalized spacial score (nSPS) is 10.6. The first kappa shape index (κ1) is 7.78. The standard InChI is InChI=1S/C7H9N5O/c1-12-5-4(9-3-10-5)6(13-2)11-7(12)8/h3,8H,1-2H3,(H,9,10). The van der Waals surface area contributed by atoms with Gasteiger partial charge in [-0.25, -0.2) is 4.98 Å². The van der Waals surface area contributed by atoms with Crippen LogP contribution in [0, 0.1) is 5.41 Å². The highest BCUT2D eigenvalue weighted by Crippen LogP contribution is 2.15. The predicted molar refractivity (Wildman–Crippen MR) is 45.3 cm³/mol. The van der Waals surface area contributed by atoms with E-state index in [1.165, 1.54) is 7.11 Å². The summed E-state index contributed by atoms with van der Waals surface area (Å²) in [5.41, 5.74) is 1.49. The fourth-order valence-corrected chi connectivity index (χ4v) is 1.17. The van der Waals surface area contributed by atoms with Gasteiger partial charge in [-0.2, -0.15) is 4.98 Å². The van der Waals surface area contributed by atoms with E-state index in [9.17, 15) is 0 Å². The van der Waals surface area contributed by atoms with Crippen molar-refractivity contribution in [2.24, 2.45) is 7.05 Å². The molecular weight excluding hydrogens is 170 g/mol. The Bertz CT molecular complexity index is 497. The van der Waals surface area contributed by atoms with E-state index in [0.29, 0.717) is 17.0 Å². The summed E-state index contributed by atoms with van der Waals surface area (Å²) in [6, 6.07) is 0. The Kier molecular flexibility index (Phi) is 1.54. The van der Waals surface area contributed by atoms with E-state index in [1.54, 1.807) is 17.9 Å². The van der Waals surface area contributed by atoms with Crippen molar-refractivity contribution in [2.45, 2.75) is 0 Å². The Balaban J connectivity index is 2.95. The number of aryl methyl sites for hydroxylation is 1. The average Bonchev–Trinajstić information content (AvgIpc) is 2.60. The molecule has 0 spiro atoms. The molecule has 0 aliphatic carbocycles. The summed E-state index contributed by atoms with van der Waals surface area (Å²) in [5, 5.41) is 7.50. The molecule has 6 heteroatoms. The molecule has 0 atom stereocenters. The zero-order chi connectivity index (χ0) is 9.42. The maximum atomic E-state index is 7.50. The maximum absolute atomic E-state index is 7.50. The summed E-state index contributed by atoms with van der Waals surface area (Å²) < 4.78 is 6.58. The Morgan fingerprint density at radius 2 is 2.38 bits per heavy atom. The minimum atomic E-state index is 0.122. The molecule has 0 radical (unpaired) electrons. The summed E-state index contributed by atoms with van der Waals surface area (Å²) in [4.78, 5) is 10.9. The van der Waals surface area contributed by atoms with Crippen molar-refractivity contribution >= 4 is 11.2 Å². The number of ether oxygens (including phenoxy) is 1. The topological polar surface area (TPSA) is 79.6 Å². The molecule has 0 aliphatic heterocycles. The van der Waals surface area contributed by atoms with E-state index in [0.717, 1.165) is 0 Å². The quantitative estimate of drug-likeness (QED) is 0.635. The lowest BCUT2D eigenvalue weighted by Crippen LogP contribution is -2.21. The van der Waals surface area contributed by atoms with Gasteiger partial charge in [-0.1, -0.05) is 0 Å². The minimum Gasteiger partial charge on any atom is -0.479 e. The molecule has 0 unspecified atom stereocenters. The number of nitrogens with one attached hydrogen (secondary N) is 2. The van der Waals surface area contributed by atoms with Crippen molar-refractivity contribution < 1.29 is 4.74 Å². The number of fused-ring (bicyclic) bond motifs is 1. The van der Waals surface area contributed by atoms with Gasteiger partial charge in [-0.3, -0.25) is 9.98 Å². The second-order valence-corrected chi connectivity index (χ2v) is 2.60. The summed E-state index contributed by atoms with van der Waals surface area (Å²) >= 11 is 0. The molecule has 2 heterocycles. The van der Waals surface area contributed by atoms with Gasteiger partial charge >= 0.3 is 0 Å². The van der Waals surface area contributed by atoms with Crippen LogP contribution in [0.1, 0.15) is 0 Å². The fourth-order valence-electron chi connectivity index (χ4n) is 1.17. The number of hydrogen-bond donors (Lipinski definition) is 2. The molecule has 2 aromatic heterocycles. The van der Waals surface area contributed by atoms with Gasteiger partial charge in [0.25, 0.3) is 0 Å². The van der Waals surface area contributed by atoms with E-state index >= 15 is 0 Å². The second kappa shape index (κ2) is 2.58. The van der Waals surface area contributed by atoms with Gasteiger partial charge in [0.15, 0.2) is 5.65 Å². The Labute approximate surface area is 73.7 Å². The minimum absolute atomic E-state index is 0.122. The van der Waals surface area contributed by atoms with Crippen LogP contribution in [0.25, 0.3) is 11.2 Å². The van der Waals surface area contributed by atoms with Gasteiger partial charge in [0, 0.05) is 7.05 Å². The number of hydrogen-bond acceptors (Lipinski definition) is 4. The van der Waals surface area contributed by atoms with Crippen LogP contribution in [0.15, 0.2) is 6.33 Å². The third kappa shape index (κ3) is 0.986. The highest BCUT2D eigenvalue weighted by atomic mass is 16.5. The van der Waals surface area contributed by atoms with E-state index < -0.39 is 0 Å². The number of methoxy groups -OCH3 is 1. The van der Waals surface area contributed by atoms with Gasteiger partial charge in [0.1, 0.15) is 5.52 Å². The third-order valence-electron chi connectivity index (χ3n) is 1.87. The molecule has 0 amide bonds. The van der Waals surface area contributed by atoms with Crippen molar-refractivity contribution in [1.82, 2.24) is 19.5 Å². The highest BCUT2D eigenvalue weighted by molar-refractivity contribution is 5.75. The second-order valence-electron chi connectivity index (χ2n) is 2.60. The molecule has 0 saturated heterocycles. The van der Waals surface area contributed by atoms with Crippen LogP contribution in [0.5, 0.6) is 5.88 Å². The highest BCUT2D eigenvalue weighted by Gasteiger charge is 2.08. The van der Waals surface area contributed by atoms with Crippen molar-refractivity contribution in [3.8, 4) is 5.88 Å². The zero-order valence-corrected chi connectivity index (χ0v) is 7.33. The molecule has 13 heavy (non-hydrogen) atoms. The molecule has 2 aromatic rings. The van der Waals surface area contributed by atoms with Gasteiger partial charge in [0.2, 0.25) is 11.5 Å². The Morgan fingerprint density at radius 1 is 1.62 bits per heavy atom. The lowest BCUT2D eigenvalue weighted by molar-refractivity contribution is 0.397. The predicted octanol–water partition coefficient (Wildman–Crippen LogP) is -0.216. The number of aromatic nitrogens is 4. The smallest absolute Gasteiger partial charge is 0.244 e. The zero-order valence-electron chi connectivity index (χ0n) is 7.33. The molecule has 0 saturated carbocycles. The largest absolute Gasteiger partial charge is 0.479 e. The SMILES string of the molecule is COc1nc(=N)n(C)c2nc[nH]c12. The molecule has 0 fully saturated rings. The van der Waals surface area contributed by atoms with E-state index in [2.05, 4.69) is 15.0 Å². The number of rotatable bonds is 1. The van der Waals surface area contributed by atoms with Crippen LogP contribution in [0.2, 0.25) is 0 Å². The van der Waals surface area contributed by atoms with Crippen molar-refractivity contribution in [2.75, 3.05) is 7.11 Å². The van der Waals surface area contributed by atoms with Crippen LogP contribution in [-0.2, 0) is 7.05 Å². The fraction of sp³-hybridized carbons (Fsp3) is 0.286. The van der Waals surface area contributed by atoms with Gasteiger partial charge in [-0.05, 0) is 0 Å². The first-order chi connectivity index (χ1) is 6.24. The van der Waals surface area contributed by atoms with Crippen molar-refractivity contribution in [3.05, 3.63) is 11.9 Å². The summed E-state index contributed by atoms with van der Waals surface area (Å²) in [7, 11) is 3.25. The number of imidazole rings is 1. The van der Waals surface area contributed by atoms with Gasteiger partial charge < -0.3 is 9.72 Å². The van der Waals surface area contributed by atoms with E-state index in [1.807, 2.05) is 0 Å². The number of nitrogens with zero attached hydrogens (tertiary/aromatic N) is 3. The third-order valence-corrected chi connectivity index (χ3v) is 1.87. The molecule has 2 N–H and O–H groups in total. The first-order valence-electron chi connectivity index (χ1n) is 3.72. The molecule has 0 bridgehead atoms. The monoisotopic (exact) mass is 179 g/mol. The summed E-state index contributed by atoms with van der Waals surface area (Å²) in [6.07, 6.45) is 1.55. The van der Waals surface area contributed by atoms with Gasteiger partial charge in [0.05, 0.1) is 13.4 Å². The molecule has 2 rings (SSSR count). The Morgan fingerprint density at radius 3 is 3.08 bits per heavy atom. The summed E-state index contributed by atoms with van der Waals surface area (Å²) in [6.45, 7) is 0. The molecule has 0 aromatic carbocycles. The lowest BCUT2D eigenvalue weighted by Gasteiger charge is -2.03. The maximum Gasteiger partial charge on any atom is 0.244 e. The first-order valence-corrected chi connectivity index (χ1v) is 3.72. The van der Waals surface area contributed by atoms with Gasteiger partial charge in [-0.15, -0.1) is 0 Å². The van der Waals surface area contributed by atoms with Crippen LogP contribution in [0.3, 0.4) is 0 Å². The average molecular weight is 179 g/mol. The Hall–Kier alpha value is -1.85. The van der Waals surface area contributed by atoms with E-state index in [-0.39, 0.29) is 5.62 Å². The molecular formula is C7H9N5O. The molecule has 6 nitrogen and oxygen atoms in total. The molecule has 0 aliphatic rings. The van der Waals surface area contributed by atoms with E-state index in [4.69, 9.17) is 10.1 Å². The number of H-pyrrole nitrogens is 1. The summed E-state index contributed by atoms with van der Waals surface area (Å²) in [5.74, 6) is 0.399. The number of aromatic amines is 1. The van der Waals surface area contributed by atoms with Crippen LogP contribution < -0.4 is 10.4 Å².